The number of thiazole rings is 1. The molecular weight excluding hydrogens is 255 g/mol. The molecule has 0 aliphatic carbocycles. The molecular formula is C12H11FN2O2S. The van der Waals surface area contributed by atoms with Crippen LogP contribution in [0.5, 0.6) is 5.75 Å². The number of aryl methyl sites for hydroxylation is 1. The van der Waals surface area contributed by atoms with Gasteiger partial charge in [0.15, 0.2) is 0 Å². The van der Waals surface area contributed by atoms with Gasteiger partial charge < -0.3 is 10.4 Å². The summed E-state index contributed by atoms with van der Waals surface area (Å²) in [5.74, 6) is -1.32. The van der Waals surface area contributed by atoms with Crippen LogP contribution in [0.3, 0.4) is 0 Å². The molecule has 0 unspecified atom stereocenters. The minimum atomic E-state index is -0.563. The van der Waals surface area contributed by atoms with E-state index in [9.17, 15) is 14.3 Å². The van der Waals surface area contributed by atoms with Gasteiger partial charge in [-0.1, -0.05) is 0 Å². The topological polar surface area (TPSA) is 62.2 Å². The van der Waals surface area contributed by atoms with Gasteiger partial charge in [0.05, 0.1) is 23.3 Å². The highest BCUT2D eigenvalue weighted by Crippen LogP contribution is 2.18. The Morgan fingerprint density at radius 2 is 2.33 bits per heavy atom. The van der Waals surface area contributed by atoms with Crippen molar-refractivity contribution in [2.24, 2.45) is 0 Å². The summed E-state index contributed by atoms with van der Waals surface area (Å²) in [5.41, 5.74) is 2.47. The number of amides is 1. The van der Waals surface area contributed by atoms with Crippen LogP contribution in [0.2, 0.25) is 0 Å². The first kappa shape index (κ1) is 12.5. The molecule has 0 aliphatic heterocycles. The van der Waals surface area contributed by atoms with Crippen LogP contribution in [0, 0.1) is 12.7 Å². The predicted molar refractivity (Wildman–Crippen MR) is 66.1 cm³/mol. The van der Waals surface area contributed by atoms with Gasteiger partial charge in [-0.3, -0.25) is 4.79 Å². The van der Waals surface area contributed by atoms with Gasteiger partial charge >= 0.3 is 0 Å². The van der Waals surface area contributed by atoms with Crippen molar-refractivity contribution in [3.8, 4) is 5.75 Å². The van der Waals surface area contributed by atoms with E-state index >= 15 is 0 Å². The number of aromatic nitrogens is 1. The standard InChI is InChI=1S/C12H11FN2O2S/c1-7-11(18-6-15-7)5-14-12(17)9-4-8(13)2-3-10(9)16/h2-4,6,16H,5H2,1H3,(H,14,17). The zero-order valence-corrected chi connectivity index (χ0v) is 10.4. The lowest BCUT2D eigenvalue weighted by molar-refractivity contribution is 0.0948. The number of rotatable bonds is 3. The minimum Gasteiger partial charge on any atom is -0.507 e. The molecule has 0 spiro atoms. The van der Waals surface area contributed by atoms with E-state index in [1.54, 1.807) is 5.51 Å². The molecule has 1 aromatic carbocycles. The number of hydrogen-bond donors (Lipinski definition) is 2. The number of carbonyl (C=O) groups excluding carboxylic acids is 1. The van der Waals surface area contributed by atoms with Gasteiger partial charge in [0, 0.05) is 4.88 Å². The Kier molecular flexibility index (Phi) is 3.57. The quantitative estimate of drug-likeness (QED) is 0.895. The van der Waals surface area contributed by atoms with Gasteiger partial charge in [-0.2, -0.15) is 0 Å². The summed E-state index contributed by atoms with van der Waals surface area (Å²) in [6, 6.07) is 3.26. The van der Waals surface area contributed by atoms with Gasteiger partial charge in [0.1, 0.15) is 11.6 Å². The highest BCUT2D eigenvalue weighted by Gasteiger charge is 2.12. The van der Waals surface area contributed by atoms with Crippen molar-refractivity contribution in [1.82, 2.24) is 10.3 Å². The van der Waals surface area contributed by atoms with Crippen molar-refractivity contribution in [2.45, 2.75) is 13.5 Å². The molecule has 1 aromatic heterocycles. The van der Waals surface area contributed by atoms with Crippen LogP contribution in [0.15, 0.2) is 23.7 Å². The number of nitrogens with one attached hydrogen (secondary N) is 1. The van der Waals surface area contributed by atoms with Gasteiger partial charge in [-0.15, -0.1) is 11.3 Å². The molecule has 0 atom stereocenters. The highest BCUT2D eigenvalue weighted by molar-refractivity contribution is 7.09. The average Bonchev–Trinajstić information content (AvgIpc) is 2.75. The molecule has 2 aromatic rings. The van der Waals surface area contributed by atoms with Crippen molar-refractivity contribution in [2.75, 3.05) is 0 Å². The van der Waals surface area contributed by atoms with Gasteiger partial charge in [0.2, 0.25) is 0 Å². The van der Waals surface area contributed by atoms with Crippen LogP contribution in [-0.2, 0) is 6.54 Å². The van der Waals surface area contributed by atoms with Crippen molar-refractivity contribution in [3.63, 3.8) is 0 Å². The van der Waals surface area contributed by atoms with Crippen LogP contribution in [-0.4, -0.2) is 16.0 Å². The Morgan fingerprint density at radius 3 is 3.00 bits per heavy atom. The van der Waals surface area contributed by atoms with Crippen molar-refractivity contribution < 1.29 is 14.3 Å². The molecule has 94 valence electrons. The van der Waals surface area contributed by atoms with Crippen molar-refractivity contribution in [3.05, 3.63) is 45.7 Å². The highest BCUT2D eigenvalue weighted by atomic mass is 32.1. The van der Waals surface area contributed by atoms with E-state index in [2.05, 4.69) is 10.3 Å². The number of benzene rings is 1. The van der Waals surface area contributed by atoms with Crippen LogP contribution in [0.1, 0.15) is 20.9 Å². The maximum Gasteiger partial charge on any atom is 0.255 e. The monoisotopic (exact) mass is 266 g/mol. The first-order valence-electron chi connectivity index (χ1n) is 5.23. The van der Waals surface area contributed by atoms with Crippen LogP contribution < -0.4 is 5.32 Å². The summed E-state index contributed by atoms with van der Waals surface area (Å²) in [6.45, 7) is 2.16. The molecule has 18 heavy (non-hydrogen) atoms. The van der Waals surface area contributed by atoms with E-state index in [1.807, 2.05) is 6.92 Å². The summed E-state index contributed by atoms with van der Waals surface area (Å²) >= 11 is 1.43. The Hall–Kier alpha value is -1.95. The number of phenolic OH excluding ortho intramolecular Hbond substituents is 1. The van der Waals surface area contributed by atoms with Crippen LogP contribution in [0.4, 0.5) is 4.39 Å². The second kappa shape index (κ2) is 5.14. The molecule has 4 nitrogen and oxygen atoms in total. The van der Waals surface area contributed by atoms with E-state index in [0.29, 0.717) is 6.54 Å². The fourth-order valence-corrected chi connectivity index (χ4v) is 2.16. The third-order valence-electron chi connectivity index (χ3n) is 2.46. The number of phenols is 1. The van der Waals surface area contributed by atoms with E-state index in [4.69, 9.17) is 0 Å². The maximum atomic E-state index is 13.0. The summed E-state index contributed by atoms with van der Waals surface area (Å²) in [6.07, 6.45) is 0. The molecule has 1 heterocycles. The Bertz CT molecular complexity index is 583. The predicted octanol–water partition coefficient (Wildman–Crippen LogP) is 2.23. The first-order chi connectivity index (χ1) is 8.58. The van der Waals surface area contributed by atoms with Gasteiger partial charge in [-0.25, -0.2) is 9.37 Å². The van der Waals surface area contributed by atoms with E-state index in [1.165, 1.54) is 11.3 Å². The lowest BCUT2D eigenvalue weighted by Gasteiger charge is -2.06. The molecule has 0 radical (unpaired) electrons. The summed E-state index contributed by atoms with van der Waals surface area (Å²) in [5, 5.41) is 12.1. The smallest absolute Gasteiger partial charge is 0.255 e. The summed E-state index contributed by atoms with van der Waals surface area (Å²) in [7, 11) is 0. The van der Waals surface area contributed by atoms with Crippen molar-refractivity contribution in [1.29, 1.82) is 0 Å². The Morgan fingerprint density at radius 1 is 1.56 bits per heavy atom. The number of carbonyl (C=O) groups is 1. The Labute approximate surface area is 107 Å². The van der Waals surface area contributed by atoms with Crippen LogP contribution >= 0.6 is 11.3 Å². The first-order valence-corrected chi connectivity index (χ1v) is 6.11. The molecule has 1 amide bonds. The summed E-state index contributed by atoms with van der Waals surface area (Å²) in [4.78, 5) is 16.8. The molecule has 2 N–H and O–H groups in total. The third-order valence-corrected chi connectivity index (χ3v) is 3.39. The fraction of sp³-hybridized carbons (Fsp3) is 0.167. The maximum absolute atomic E-state index is 13.0. The van der Waals surface area contributed by atoms with Gasteiger partial charge in [-0.05, 0) is 25.1 Å². The zero-order chi connectivity index (χ0) is 13.1. The molecule has 6 heteroatoms. The number of hydrogen-bond acceptors (Lipinski definition) is 4. The zero-order valence-electron chi connectivity index (χ0n) is 9.61. The average molecular weight is 266 g/mol. The normalized spacial score (nSPS) is 10.3. The second-order valence-electron chi connectivity index (χ2n) is 3.71. The van der Waals surface area contributed by atoms with Crippen LogP contribution in [0.25, 0.3) is 0 Å². The SMILES string of the molecule is Cc1ncsc1CNC(=O)c1cc(F)ccc1O. The lowest BCUT2D eigenvalue weighted by Crippen LogP contribution is -2.22. The second-order valence-corrected chi connectivity index (χ2v) is 4.64. The Balaban J connectivity index is 2.08. The number of nitrogens with zero attached hydrogens (tertiary/aromatic N) is 1. The summed E-state index contributed by atoms with van der Waals surface area (Å²) < 4.78 is 13.0. The molecule has 0 bridgehead atoms. The molecule has 0 saturated heterocycles. The minimum absolute atomic E-state index is 0.0721. The largest absolute Gasteiger partial charge is 0.507 e. The van der Waals surface area contributed by atoms with E-state index in [0.717, 1.165) is 28.8 Å². The number of aromatic hydroxyl groups is 1. The third kappa shape index (κ3) is 2.65. The molecule has 0 saturated carbocycles. The van der Waals surface area contributed by atoms with E-state index in [-0.39, 0.29) is 11.3 Å². The molecule has 2 rings (SSSR count). The fourth-order valence-electron chi connectivity index (χ4n) is 1.44. The van der Waals surface area contributed by atoms with Gasteiger partial charge in [0.25, 0.3) is 5.91 Å². The van der Waals surface area contributed by atoms with E-state index < -0.39 is 11.7 Å². The number of halogens is 1. The molecule has 0 aliphatic rings. The lowest BCUT2D eigenvalue weighted by atomic mass is 10.2. The van der Waals surface area contributed by atoms with Crippen molar-refractivity contribution >= 4 is 17.2 Å². The molecule has 0 fully saturated rings.